The number of nitrogens with zero attached hydrogens (tertiary/aromatic N) is 3. The van der Waals surface area contributed by atoms with E-state index in [1.165, 1.54) is 0 Å². The van der Waals surface area contributed by atoms with Gasteiger partial charge < -0.3 is 20.3 Å². The van der Waals surface area contributed by atoms with E-state index in [-0.39, 0.29) is 23.8 Å². The summed E-state index contributed by atoms with van der Waals surface area (Å²) in [6.45, 7) is 1.73. The average Bonchev–Trinajstić information content (AvgIpc) is 2.86. The molecule has 3 amide bonds. The number of amides is 3. The Morgan fingerprint density at radius 1 is 1.03 bits per heavy atom. The predicted molar refractivity (Wildman–Crippen MR) is 129 cm³/mol. The molecule has 2 aromatic heterocycles. The Morgan fingerprint density at radius 3 is 2.68 bits per heavy atom. The van der Waals surface area contributed by atoms with E-state index in [0.29, 0.717) is 43.2 Å². The molecule has 0 spiro atoms. The maximum Gasteiger partial charge on any atom is 0.321 e. The molecule has 2 N–H and O–H groups in total. The Morgan fingerprint density at radius 2 is 1.88 bits per heavy atom. The summed E-state index contributed by atoms with van der Waals surface area (Å²) >= 11 is 0. The van der Waals surface area contributed by atoms with E-state index >= 15 is 0 Å². The highest BCUT2D eigenvalue weighted by Crippen LogP contribution is 2.35. The summed E-state index contributed by atoms with van der Waals surface area (Å²) in [6.07, 6.45) is 8.82. The number of fused-ring (bicyclic) bond motifs is 2. The number of nitrogens with one attached hydrogen (secondary N) is 2. The number of likely N-dealkylation sites (tertiary alicyclic amines) is 1. The van der Waals surface area contributed by atoms with Crippen LogP contribution in [0.5, 0.6) is 5.75 Å². The number of benzene rings is 1. The Labute approximate surface area is 198 Å². The van der Waals surface area contributed by atoms with Crippen molar-refractivity contribution in [3.8, 4) is 16.9 Å². The van der Waals surface area contributed by atoms with E-state index in [2.05, 4.69) is 20.6 Å². The molecule has 1 fully saturated rings. The predicted octanol–water partition coefficient (Wildman–Crippen LogP) is 4.42. The van der Waals surface area contributed by atoms with Gasteiger partial charge in [-0.25, -0.2) is 4.79 Å². The molecule has 2 aliphatic heterocycles. The number of hydrogen-bond donors (Lipinski definition) is 2. The first-order valence-electron chi connectivity index (χ1n) is 11.6. The van der Waals surface area contributed by atoms with Crippen molar-refractivity contribution < 1.29 is 14.3 Å². The zero-order valence-corrected chi connectivity index (χ0v) is 18.8. The van der Waals surface area contributed by atoms with Crippen molar-refractivity contribution >= 4 is 23.3 Å². The van der Waals surface area contributed by atoms with Crippen LogP contribution in [0.4, 0.5) is 16.2 Å². The molecule has 0 bridgehead atoms. The molecule has 0 saturated carbocycles. The third kappa shape index (κ3) is 5.01. The number of piperidine rings is 1. The molecule has 0 aliphatic carbocycles. The average molecular weight is 458 g/mol. The van der Waals surface area contributed by atoms with Gasteiger partial charge in [0.2, 0.25) is 5.91 Å². The van der Waals surface area contributed by atoms with Crippen molar-refractivity contribution in [1.82, 2.24) is 14.9 Å². The zero-order valence-electron chi connectivity index (χ0n) is 18.8. The second-order valence-electron chi connectivity index (χ2n) is 8.77. The summed E-state index contributed by atoms with van der Waals surface area (Å²) < 4.78 is 6.09. The van der Waals surface area contributed by atoms with Crippen LogP contribution < -0.4 is 15.4 Å². The molecule has 2 atom stereocenters. The lowest BCUT2D eigenvalue weighted by atomic mass is 9.81. The van der Waals surface area contributed by atoms with Crippen molar-refractivity contribution in [3.63, 3.8) is 0 Å². The van der Waals surface area contributed by atoms with Crippen LogP contribution >= 0.6 is 0 Å². The standard InChI is InChI=1S/C26H27N5O3/c32-25-14-19-7-11-31(26(33)29-22-4-2-10-28-16-22)17-21(19)8-12-34-24-6-5-18(13-23(24)30-25)20-3-1-9-27-15-20/h1-6,9-10,13,15-16,19,21H,7-8,11-12,14,17H2,(H,29,33)(H,30,32)/t19-,21-/m0/s1. The Balaban J connectivity index is 1.28. The number of carbonyl (C=O) groups excluding carboxylic acids is 2. The lowest BCUT2D eigenvalue weighted by Crippen LogP contribution is -2.46. The molecule has 8 nitrogen and oxygen atoms in total. The van der Waals surface area contributed by atoms with E-state index in [0.717, 1.165) is 24.0 Å². The van der Waals surface area contributed by atoms with Gasteiger partial charge in [-0.15, -0.1) is 0 Å². The summed E-state index contributed by atoms with van der Waals surface area (Å²) in [5, 5.41) is 5.96. The van der Waals surface area contributed by atoms with E-state index in [9.17, 15) is 9.59 Å². The number of ether oxygens (including phenoxy) is 1. The monoisotopic (exact) mass is 457 g/mol. The number of carbonyl (C=O) groups is 2. The van der Waals surface area contributed by atoms with Crippen LogP contribution in [0.1, 0.15) is 19.3 Å². The van der Waals surface area contributed by atoms with Gasteiger partial charge in [0.1, 0.15) is 5.75 Å². The summed E-state index contributed by atoms with van der Waals surface area (Å²) in [5.41, 5.74) is 3.30. The van der Waals surface area contributed by atoms with Crippen LogP contribution in [-0.4, -0.2) is 46.5 Å². The van der Waals surface area contributed by atoms with E-state index < -0.39 is 0 Å². The highest BCUT2D eigenvalue weighted by atomic mass is 16.5. The van der Waals surface area contributed by atoms with Crippen LogP contribution in [0.15, 0.2) is 67.3 Å². The van der Waals surface area contributed by atoms with Crippen molar-refractivity contribution in [3.05, 3.63) is 67.3 Å². The summed E-state index contributed by atoms with van der Waals surface area (Å²) in [4.78, 5) is 35.8. The summed E-state index contributed by atoms with van der Waals surface area (Å²) in [5.74, 6) is 1.02. The number of hydrogen-bond acceptors (Lipinski definition) is 5. The minimum atomic E-state index is -0.137. The molecule has 5 rings (SSSR count). The molecule has 0 radical (unpaired) electrons. The minimum Gasteiger partial charge on any atom is -0.491 e. The topological polar surface area (TPSA) is 96.5 Å². The molecule has 4 heterocycles. The van der Waals surface area contributed by atoms with Gasteiger partial charge >= 0.3 is 6.03 Å². The van der Waals surface area contributed by atoms with Crippen molar-refractivity contribution in [2.45, 2.75) is 19.3 Å². The van der Waals surface area contributed by atoms with Crippen LogP contribution in [0.3, 0.4) is 0 Å². The number of anilines is 2. The second kappa shape index (κ2) is 9.91. The fraction of sp³-hybridized carbons (Fsp3) is 0.308. The third-order valence-corrected chi connectivity index (χ3v) is 6.53. The van der Waals surface area contributed by atoms with Crippen LogP contribution in [0.25, 0.3) is 11.1 Å². The van der Waals surface area contributed by atoms with Gasteiger partial charge in [0.15, 0.2) is 0 Å². The molecule has 0 unspecified atom stereocenters. The third-order valence-electron chi connectivity index (χ3n) is 6.53. The fourth-order valence-corrected chi connectivity index (χ4v) is 4.73. The van der Waals surface area contributed by atoms with Gasteiger partial charge in [-0.05, 0) is 60.6 Å². The zero-order chi connectivity index (χ0) is 23.3. The summed E-state index contributed by atoms with van der Waals surface area (Å²) in [7, 11) is 0. The van der Waals surface area contributed by atoms with Gasteiger partial charge in [-0.1, -0.05) is 12.1 Å². The highest BCUT2D eigenvalue weighted by molar-refractivity contribution is 5.93. The minimum absolute atomic E-state index is 0.0293. The smallest absolute Gasteiger partial charge is 0.321 e. The normalized spacial score (nSPS) is 20.2. The van der Waals surface area contributed by atoms with Gasteiger partial charge in [0.25, 0.3) is 0 Å². The van der Waals surface area contributed by atoms with Crippen molar-refractivity contribution in [2.24, 2.45) is 11.8 Å². The first kappa shape index (κ1) is 21.9. The van der Waals surface area contributed by atoms with E-state index in [1.54, 1.807) is 30.9 Å². The highest BCUT2D eigenvalue weighted by Gasteiger charge is 2.33. The molecule has 3 aromatic rings. The Kier molecular flexibility index (Phi) is 6.38. The maximum absolute atomic E-state index is 12.9. The number of pyridine rings is 2. The SMILES string of the molecule is O=C1C[C@@H]2CCN(C(=O)Nc3cccnc3)C[C@@H]2CCOc2ccc(-c3cccnc3)cc2N1. The number of aromatic nitrogens is 2. The van der Waals surface area contributed by atoms with Crippen LogP contribution in [-0.2, 0) is 4.79 Å². The fourth-order valence-electron chi connectivity index (χ4n) is 4.73. The van der Waals surface area contributed by atoms with E-state index in [1.807, 2.05) is 41.3 Å². The molecule has 1 saturated heterocycles. The van der Waals surface area contributed by atoms with Gasteiger partial charge in [-0.3, -0.25) is 14.8 Å². The first-order chi connectivity index (χ1) is 16.7. The number of urea groups is 1. The van der Waals surface area contributed by atoms with Crippen LogP contribution in [0.2, 0.25) is 0 Å². The lowest BCUT2D eigenvalue weighted by Gasteiger charge is -2.39. The second-order valence-corrected chi connectivity index (χ2v) is 8.77. The van der Waals surface area contributed by atoms with Crippen LogP contribution in [0, 0.1) is 11.8 Å². The van der Waals surface area contributed by atoms with Crippen molar-refractivity contribution in [2.75, 3.05) is 30.3 Å². The molecule has 8 heteroatoms. The van der Waals surface area contributed by atoms with Gasteiger partial charge in [0.05, 0.1) is 24.2 Å². The first-order valence-corrected chi connectivity index (χ1v) is 11.6. The maximum atomic E-state index is 12.9. The van der Waals surface area contributed by atoms with Crippen molar-refractivity contribution in [1.29, 1.82) is 0 Å². The molecular formula is C26H27N5O3. The molecule has 2 aliphatic rings. The van der Waals surface area contributed by atoms with Gasteiger partial charge in [-0.2, -0.15) is 0 Å². The quantitative estimate of drug-likeness (QED) is 0.594. The Bertz CT molecular complexity index is 1160. The molecule has 174 valence electrons. The lowest BCUT2D eigenvalue weighted by molar-refractivity contribution is -0.118. The molecular weight excluding hydrogens is 430 g/mol. The number of rotatable bonds is 2. The van der Waals surface area contributed by atoms with E-state index in [4.69, 9.17) is 4.74 Å². The largest absolute Gasteiger partial charge is 0.491 e. The molecule has 34 heavy (non-hydrogen) atoms. The summed E-state index contributed by atoms with van der Waals surface area (Å²) in [6, 6.07) is 13.2. The van der Waals surface area contributed by atoms with Gasteiger partial charge in [0, 0.05) is 43.7 Å². The molecule has 1 aromatic carbocycles. The Hall–Kier alpha value is -3.94.